The number of aromatic nitrogens is 6. The van der Waals surface area contributed by atoms with Gasteiger partial charge in [0, 0.05) is 24.9 Å². The number of anilines is 1. The largest absolute Gasteiger partial charge is 0.355 e. The van der Waals surface area contributed by atoms with Crippen molar-refractivity contribution in [1.29, 1.82) is 0 Å². The van der Waals surface area contributed by atoms with E-state index in [9.17, 15) is 0 Å². The number of rotatable bonds is 3. The van der Waals surface area contributed by atoms with Gasteiger partial charge in [-0.15, -0.1) is 15.3 Å². The smallest absolute Gasteiger partial charge is 0.229 e. The van der Waals surface area contributed by atoms with Crippen molar-refractivity contribution in [3.63, 3.8) is 0 Å². The molecule has 2 aliphatic rings. The molecular weight excluding hydrogens is 378 g/mol. The van der Waals surface area contributed by atoms with Crippen molar-refractivity contribution < 1.29 is 4.52 Å². The van der Waals surface area contributed by atoms with E-state index in [1.807, 2.05) is 12.1 Å². The first-order valence-electron chi connectivity index (χ1n) is 10.7. The topological polar surface area (TPSA) is 85.2 Å². The maximum Gasteiger partial charge on any atom is 0.229 e. The molecule has 4 heterocycles. The van der Waals surface area contributed by atoms with Gasteiger partial charge in [-0.05, 0) is 55.4 Å². The predicted octanol–water partition coefficient (Wildman–Crippen LogP) is 3.36. The molecule has 0 spiro atoms. The van der Waals surface area contributed by atoms with Crippen molar-refractivity contribution in [3.05, 3.63) is 65.6 Å². The van der Waals surface area contributed by atoms with E-state index in [1.54, 1.807) is 10.8 Å². The molecule has 1 atom stereocenters. The van der Waals surface area contributed by atoms with E-state index >= 15 is 0 Å². The predicted molar refractivity (Wildman–Crippen MR) is 110 cm³/mol. The zero-order valence-corrected chi connectivity index (χ0v) is 16.7. The summed E-state index contributed by atoms with van der Waals surface area (Å²) < 4.78 is 7.46. The molecule has 1 fully saturated rings. The van der Waals surface area contributed by atoms with Gasteiger partial charge in [-0.3, -0.25) is 0 Å². The van der Waals surface area contributed by atoms with Crippen molar-refractivity contribution >= 4 is 11.5 Å². The van der Waals surface area contributed by atoms with Gasteiger partial charge in [0.15, 0.2) is 11.5 Å². The second kappa shape index (κ2) is 7.19. The number of fused-ring (bicyclic) bond motifs is 2. The van der Waals surface area contributed by atoms with E-state index in [0.29, 0.717) is 5.92 Å². The Morgan fingerprint density at radius 1 is 1.00 bits per heavy atom. The Bertz CT molecular complexity index is 1170. The lowest BCUT2D eigenvalue weighted by atomic mass is 9.82. The van der Waals surface area contributed by atoms with E-state index < -0.39 is 0 Å². The molecule has 0 N–H and O–H groups in total. The van der Waals surface area contributed by atoms with Crippen LogP contribution in [0.3, 0.4) is 0 Å². The minimum absolute atomic E-state index is 0.257. The third-order valence-corrected chi connectivity index (χ3v) is 6.45. The highest BCUT2D eigenvalue weighted by Gasteiger charge is 2.30. The quantitative estimate of drug-likeness (QED) is 0.520. The SMILES string of the molecule is c1ccc2c(c1)CCCC2c1noc(C2CCN(c3ccc4nncn4n3)CC2)n1. The number of nitrogens with zero attached hydrogens (tertiary/aromatic N) is 7. The highest BCUT2D eigenvalue weighted by molar-refractivity contribution is 5.45. The first kappa shape index (κ1) is 17.6. The van der Waals surface area contributed by atoms with E-state index in [4.69, 9.17) is 9.51 Å². The van der Waals surface area contributed by atoms with Crippen LogP contribution in [0.25, 0.3) is 5.65 Å². The van der Waals surface area contributed by atoms with Gasteiger partial charge in [0.25, 0.3) is 0 Å². The fourth-order valence-corrected chi connectivity index (χ4v) is 4.82. The van der Waals surface area contributed by atoms with Crippen molar-refractivity contribution in [2.75, 3.05) is 18.0 Å². The minimum atomic E-state index is 0.257. The second-order valence-corrected chi connectivity index (χ2v) is 8.22. The number of benzene rings is 1. The molecule has 0 amide bonds. The van der Waals surface area contributed by atoms with Crippen LogP contribution < -0.4 is 4.90 Å². The van der Waals surface area contributed by atoms with E-state index in [-0.39, 0.29) is 5.92 Å². The van der Waals surface area contributed by atoms with Gasteiger partial charge in [-0.25, -0.2) is 0 Å². The molecule has 1 aliphatic carbocycles. The highest BCUT2D eigenvalue weighted by Crippen LogP contribution is 2.36. The Hall–Kier alpha value is -3.29. The molecule has 0 radical (unpaired) electrons. The van der Waals surface area contributed by atoms with Gasteiger partial charge in [0.05, 0.1) is 0 Å². The Balaban J connectivity index is 1.16. The number of aryl methyl sites for hydroxylation is 1. The van der Waals surface area contributed by atoms with E-state index in [0.717, 1.165) is 62.0 Å². The van der Waals surface area contributed by atoms with E-state index in [2.05, 4.69) is 49.6 Å². The first-order chi connectivity index (χ1) is 14.8. The summed E-state index contributed by atoms with van der Waals surface area (Å²) in [5, 5.41) is 16.9. The fraction of sp³-hybridized carbons (Fsp3) is 0.409. The van der Waals surface area contributed by atoms with Gasteiger partial charge in [-0.1, -0.05) is 29.4 Å². The molecule has 0 saturated carbocycles. The van der Waals surface area contributed by atoms with E-state index in [1.165, 1.54) is 17.5 Å². The summed E-state index contributed by atoms with van der Waals surface area (Å²) in [5.74, 6) is 3.15. The lowest BCUT2D eigenvalue weighted by molar-refractivity contribution is 0.325. The van der Waals surface area contributed by atoms with Crippen molar-refractivity contribution in [1.82, 2.24) is 30.0 Å². The number of piperidine rings is 1. The Morgan fingerprint density at radius 2 is 1.90 bits per heavy atom. The standard InChI is InChI=1S/C22H23N7O/c1-2-6-17-15(4-1)5-3-7-18(17)21-24-22(30-27-21)16-10-12-28(13-11-16)20-9-8-19-25-23-14-29(19)26-20/h1-2,4,6,8-9,14,16,18H,3,5,7,10-13H2. The highest BCUT2D eigenvalue weighted by atomic mass is 16.5. The van der Waals surface area contributed by atoms with Crippen LogP contribution in [0.1, 0.15) is 60.4 Å². The Morgan fingerprint density at radius 3 is 2.83 bits per heavy atom. The summed E-state index contributed by atoms with van der Waals surface area (Å²) in [6, 6.07) is 12.6. The molecule has 1 aliphatic heterocycles. The van der Waals surface area contributed by atoms with Gasteiger partial charge in [-0.2, -0.15) is 9.50 Å². The molecule has 152 valence electrons. The first-order valence-corrected chi connectivity index (χ1v) is 10.7. The maximum absolute atomic E-state index is 5.74. The zero-order valence-electron chi connectivity index (χ0n) is 16.7. The summed E-state index contributed by atoms with van der Waals surface area (Å²) in [6.07, 6.45) is 6.99. The third kappa shape index (κ3) is 3.03. The summed E-state index contributed by atoms with van der Waals surface area (Å²) in [6.45, 7) is 1.82. The second-order valence-electron chi connectivity index (χ2n) is 8.22. The molecule has 6 rings (SSSR count). The van der Waals surface area contributed by atoms with Crippen molar-refractivity contribution in [2.45, 2.75) is 43.9 Å². The van der Waals surface area contributed by atoms with Crippen LogP contribution in [0.15, 0.2) is 47.2 Å². The molecular formula is C22H23N7O. The molecule has 1 unspecified atom stereocenters. The van der Waals surface area contributed by atoms with Crippen LogP contribution in [0, 0.1) is 0 Å². The molecule has 4 aromatic rings. The van der Waals surface area contributed by atoms with Crippen molar-refractivity contribution in [3.8, 4) is 0 Å². The van der Waals surface area contributed by atoms with Crippen LogP contribution >= 0.6 is 0 Å². The Kier molecular flexibility index (Phi) is 4.21. The number of hydrogen-bond acceptors (Lipinski definition) is 7. The van der Waals surface area contributed by atoms with Gasteiger partial charge in [0.2, 0.25) is 5.89 Å². The molecule has 3 aromatic heterocycles. The van der Waals surface area contributed by atoms with Crippen LogP contribution in [0.2, 0.25) is 0 Å². The van der Waals surface area contributed by atoms with Gasteiger partial charge < -0.3 is 9.42 Å². The van der Waals surface area contributed by atoms with Crippen molar-refractivity contribution in [2.24, 2.45) is 0 Å². The molecule has 8 nitrogen and oxygen atoms in total. The molecule has 1 saturated heterocycles. The summed E-state index contributed by atoms with van der Waals surface area (Å²) in [4.78, 5) is 7.15. The third-order valence-electron chi connectivity index (χ3n) is 6.45. The molecule has 8 heteroatoms. The Labute approximate surface area is 173 Å². The normalized spacial score (nSPS) is 19.9. The van der Waals surface area contributed by atoms with Gasteiger partial charge in [0.1, 0.15) is 12.1 Å². The summed E-state index contributed by atoms with van der Waals surface area (Å²) in [7, 11) is 0. The monoisotopic (exact) mass is 401 g/mol. The lowest BCUT2D eigenvalue weighted by Crippen LogP contribution is -2.33. The van der Waals surface area contributed by atoms with Crippen LogP contribution in [0.5, 0.6) is 0 Å². The minimum Gasteiger partial charge on any atom is -0.355 e. The summed E-state index contributed by atoms with van der Waals surface area (Å²) >= 11 is 0. The van der Waals surface area contributed by atoms with Crippen LogP contribution in [-0.4, -0.2) is 43.0 Å². The lowest BCUT2D eigenvalue weighted by Gasteiger charge is -2.31. The molecule has 0 bridgehead atoms. The maximum atomic E-state index is 5.74. The fourth-order valence-electron chi connectivity index (χ4n) is 4.82. The zero-order chi connectivity index (χ0) is 19.9. The summed E-state index contributed by atoms with van der Waals surface area (Å²) in [5.41, 5.74) is 3.55. The average molecular weight is 401 g/mol. The van der Waals surface area contributed by atoms with Gasteiger partial charge >= 0.3 is 0 Å². The van der Waals surface area contributed by atoms with Crippen LogP contribution in [-0.2, 0) is 6.42 Å². The average Bonchev–Trinajstić information content (AvgIpc) is 3.48. The molecule has 30 heavy (non-hydrogen) atoms. The van der Waals surface area contributed by atoms with Crippen LogP contribution in [0.4, 0.5) is 5.82 Å². The number of hydrogen-bond donors (Lipinski definition) is 0. The molecule has 1 aromatic carbocycles.